The fraction of sp³-hybridized carbons (Fsp3) is 0.100. The van der Waals surface area contributed by atoms with E-state index in [0.29, 0.717) is 5.69 Å². The maximum absolute atomic E-state index is 12.5. The van der Waals surface area contributed by atoms with Crippen LogP contribution in [-0.2, 0) is 0 Å². The summed E-state index contributed by atoms with van der Waals surface area (Å²) >= 11 is 0. The second-order valence-electron chi connectivity index (χ2n) is 6.16. The molecule has 0 saturated carbocycles. The molecule has 2 N–H and O–H groups in total. The summed E-state index contributed by atoms with van der Waals surface area (Å²) in [5.74, 6) is -0.197. The number of aromatic amines is 1. The molecule has 2 aromatic heterocycles. The highest BCUT2D eigenvalue weighted by atomic mass is 16.2. The number of hydrogen-bond donors (Lipinski definition) is 2. The molecule has 0 aliphatic carbocycles. The van der Waals surface area contributed by atoms with E-state index < -0.39 is 0 Å². The van der Waals surface area contributed by atoms with E-state index in [-0.39, 0.29) is 11.9 Å². The Balaban J connectivity index is 1.44. The van der Waals surface area contributed by atoms with Crippen molar-refractivity contribution in [2.24, 2.45) is 0 Å². The van der Waals surface area contributed by atoms with Crippen LogP contribution in [0.4, 0.5) is 0 Å². The van der Waals surface area contributed by atoms with E-state index in [1.165, 1.54) is 6.33 Å². The molecule has 2 aromatic carbocycles. The van der Waals surface area contributed by atoms with Crippen molar-refractivity contribution in [2.75, 3.05) is 0 Å². The maximum atomic E-state index is 12.5. The smallest absolute Gasteiger partial charge is 0.269 e. The Morgan fingerprint density at radius 1 is 1.11 bits per heavy atom. The Morgan fingerprint density at radius 3 is 2.59 bits per heavy atom. The van der Waals surface area contributed by atoms with Gasteiger partial charge < -0.3 is 5.32 Å². The predicted octanol–water partition coefficient (Wildman–Crippen LogP) is 3.15. The van der Waals surface area contributed by atoms with Gasteiger partial charge in [0.15, 0.2) is 0 Å². The van der Waals surface area contributed by atoms with E-state index in [0.717, 1.165) is 22.5 Å². The lowest BCUT2D eigenvalue weighted by Crippen LogP contribution is -2.26. The summed E-state index contributed by atoms with van der Waals surface area (Å²) in [6.07, 6.45) is 3.13. The van der Waals surface area contributed by atoms with Crippen molar-refractivity contribution in [3.63, 3.8) is 0 Å². The largest absolute Gasteiger partial charge is 0.344 e. The van der Waals surface area contributed by atoms with Gasteiger partial charge in [-0.25, -0.2) is 9.67 Å². The van der Waals surface area contributed by atoms with Crippen molar-refractivity contribution in [1.29, 1.82) is 0 Å². The van der Waals surface area contributed by atoms with Crippen LogP contribution < -0.4 is 5.32 Å². The Labute approximate surface area is 156 Å². The fourth-order valence-electron chi connectivity index (χ4n) is 2.81. The zero-order chi connectivity index (χ0) is 18.6. The molecule has 7 heteroatoms. The second kappa shape index (κ2) is 7.25. The highest BCUT2D eigenvalue weighted by Crippen LogP contribution is 2.18. The predicted molar refractivity (Wildman–Crippen MR) is 101 cm³/mol. The molecule has 0 fully saturated rings. The molecule has 2 heterocycles. The molecule has 0 spiro atoms. The van der Waals surface area contributed by atoms with Crippen LogP contribution in [0.15, 0.2) is 73.3 Å². The molecule has 0 unspecified atom stereocenters. The first-order chi connectivity index (χ1) is 13.2. The Bertz CT molecular complexity index is 1020. The number of carbonyl (C=O) groups excluding carboxylic acids is 1. The van der Waals surface area contributed by atoms with Crippen LogP contribution in [0.1, 0.15) is 29.0 Å². The van der Waals surface area contributed by atoms with Crippen LogP contribution in [0.5, 0.6) is 0 Å². The molecule has 4 aromatic rings. The Hall–Kier alpha value is -3.74. The summed E-state index contributed by atoms with van der Waals surface area (Å²) in [4.78, 5) is 16.5. The third-order valence-corrected chi connectivity index (χ3v) is 4.32. The molecule has 0 aliphatic rings. The molecule has 0 bridgehead atoms. The molecule has 7 nitrogen and oxygen atoms in total. The monoisotopic (exact) mass is 358 g/mol. The summed E-state index contributed by atoms with van der Waals surface area (Å²) in [6, 6.07) is 19.1. The molecule has 4 rings (SSSR count). The number of aromatic nitrogens is 5. The molecule has 0 radical (unpaired) electrons. The van der Waals surface area contributed by atoms with Gasteiger partial charge in [-0.3, -0.25) is 9.89 Å². The van der Waals surface area contributed by atoms with Gasteiger partial charge in [0, 0.05) is 5.56 Å². The average Bonchev–Trinajstić information content (AvgIpc) is 3.41. The first kappa shape index (κ1) is 16.7. The minimum Gasteiger partial charge on any atom is -0.344 e. The van der Waals surface area contributed by atoms with E-state index in [4.69, 9.17) is 0 Å². The van der Waals surface area contributed by atoms with Gasteiger partial charge in [-0.15, -0.1) is 0 Å². The number of nitrogens with one attached hydrogen (secondary N) is 2. The first-order valence-corrected chi connectivity index (χ1v) is 8.57. The maximum Gasteiger partial charge on any atom is 0.269 e. The van der Waals surface area contributed by atoms with Gasteiger partial charge in [0.25, 0.3) is 5.91 Å². The van der Waals surface area contributed by atoms with E-state index in [1.807, 2.05) is 61.5 Å². The van der Waals surface area contributed by atoms with Crippen LogP contribution in [0.3, 0.4) is 0 Å². The molecule has 0 aliphatic heterocycles. The highest BCUT2D eigenvalue weighted by molar-refractivity contribution is 5.93. The molecule has 0 saturated heterocycles. The minimum absolute atomic E-state index is 0.147. The minimum atomic E-state index is -0.197. The summed E-state index contributed by atoms with van der Waals surface area (Å²) in [7, 11) is 0. The van der Waals surface area contributed by atoms with Crippen molar-refractivity contribution in [3.05, 3.63) is 84.6 Å². The number of hydrogen-bond acceptors (Lipinski definition) is 4. The number of benzene rings is 2. The van der Waals surface area contributed by atoms with Gasteiger partial charge in [0.05, 0.1) is 17.4 Å². The zero-order valence-corrected chi connectivity index (χ0v) is 14.7. The molecular formula is C20H18N6O. The number of carbonyl (C=O) groups is 1. The van der Waals surface area contributed by atoms with E-state index in [9.17, 15) is 4.79 Å². The van der Waals surface area contributed by atoms with Gasteiger partial charge in [-0.2, -0.15) is 10.2 Å². The lowest BCUT2D eigenvalue weighted by Gasteiger charge is -2.14. The fourth-order valence-corrected chi connectivity index (χ4v) is 2.81. The molecule has 1 amide bonds. The van der Waals surface area contributed by atoms with Gasteiger partial charge in [-0.05, 0) is 30.7 Å². The number of H-pyrrole nitrogens is 1. The van der Waals surface area contributed by atoms with Gasteiger partial charge >= 0.3 is 0 Å². The second-order valence-corrected chi connectivity index (χ2v) is 6.16. The number of nitrogens with zero attached hydrogens (tertiary/aromatic N) is 4. The van der Waals surface area contributed by atoms with Crippen molar-refractivity contribution < 1.29 is 4.79 Å². The summed E-state index contributed by atoms with van der Waals surface area (Å²) in [5.41, 5.74) is 4.04. The molecule has 1 atom stereocenters. The van der Waals surface area contributed by atoms with E-state index >= 15 is 0 Å². The zero-order valence-electron chi connectivity index (χ0n) is 14.7. The first-order valence-electron chi connectivity index (χ1n) is 8.57. The molecule has 27 heavy (non-hydrogen) atoms. The van der Waals surface area contributed by atoms with Crippen LogP contribution in [-0.4, -0.2) is 30.9 Å². The number of rotatable bonds is 5. The van der Waals surface area contributed by atoms with Gasteiger partial charge in [0.1, 0.15) is 18.3 Å². The van der Waals surface area contributed by atoms with E-state index in [2.05, 4.69) is 25.6 Å². The Kier molecular flexibility index (Phi) is 4.49. The summed E-state index contributed by atoms with van der Waals surface area (Å²) < 4.78 is 1.68. The molecule has 134 valence electrons. The van der Waals surface area contributed by atoms with Crippen molar-refractivity contribution in [2.45, 2.75) is 13.0 Å². The third-order valence-electron chi connectivity index (χ3n) is 4.32. The van der Waals surface area contributed by atoms with Crippen molar-refractivity contribution >= 4 is 5.91 Å². The average molecular weight is 358 g/mol. The SMILES string of the molecule is C[C@@H](NC(=O)c1cc(-c2ccccc2)n[nH]1)c1ccc(-n2cncn2)cc1. The van der Waals surface area contributed by atoms with Crippen LogP contribution in [0.2, 0.25) is 0 Å². The molecular weight excluding hydrogens is 340 g/mol. The third kappa shape index (κ3) is 3.62. The van der Waals surface area contributed by atoms with Gasteiger partial charge in [0.2, 0.25) is 0 Å². The lowest BCUT2D eigenvalue weighted by atomic mass is 10.1. The summed E-state index contributed by atoms with van der Waals surface area (Å²) in [5, 5.41) is 14.1. The van der Waals surface area contributed by atoms with Gasteiger partial charge in [-0.1, -0.05) is 42.5 Å². The lowest BCUT2D eigenvalue weighted by molar-refractivity contribution is 0.0935. The topological polar surface area (TPSA) is 88.5 Å². The quantitative estimate of drug-likeness (QED) is 0.574. The standard InChI is InChI=1S/C20H18N6O/c1-14(15-7-9-17(10-8-15)26-13-21-12-22-26)23-20(27)19-11-18(24-25-19)16-5-3-2-4-6-16/h2-14H,1H3,(H,23,27)(H,24,25)/t14-/m1/s1. The normalized spacial score (nSPS) is 11.9. The van der Waals surface area contributed by atoms with Crippen molar-refractivity contribution in [3.8, 4) is 16.9 Å². The van der Waals surface area contributed by atoms with Crippen LogP contribution in [0.25, 0.3) is 16.9 Å². The summed E-state index contributed by atoms with van der Waals surface area (Å²) in [6.45, 7) is 1.94. The van der Waals surface area contributed by atoms with Crippen molar-refractivity contribution in [1.82, 2.24) is 30.3 Å². The van der Waals surface area contributed by atoms with Crippen LogP contribution >= 0.6 is 0 Å². The Morgan fingerprint density at radius 2 is 1.89 bits per heavy atom. The van der Waals surface area contributed by atoms with E-state index in [1.54, 1.807) is 17.1 Å². The highest BCUT2D eigenvalue weighted by Gasteiger charge is 2.14. The number of amides is 1. The van der Waals surface area contributed by atoms with Crippen LogP contribution in [0, 0.1) is 0 Å².